The third kappa shape index (κ3) is 11.9. The van der Waals surface area contributed by atoms with Crippen molar-refractivity contribution in [3.8, 4) is 0 Å². The number of unbranched alkanes of at least 4 members (excludes halogenated alkanes) is 2. The monoisotopic (exact) mass is 387 g/mol. The van der Waals surface area contributed by atoms with Gasteiger partial charge in [0.25, 0.3) is 0 Å². The van der Waals surface area contributed by atoms with E-state index in [4.69, 9.17) is 4.74 Å². The van der Waals surface area contributed by atoms with Crippen LogP contribution in [0.5, 0.6) is 0 Å². The summed E-state index contributed by atoms with van der Waals surface area (Å²) < 4.78 is 5.64. The highest BCUT2D eigenvalue weighted by molar-refractivity contribution is 5.87. The van der Waals surface area contributed by atoms with Crippen molar-refractivity contribution in [2.75, 3.05) is 38.2 Å². The number of benzene rings is 1. The molecule has 2 amide bonds. The first-order valence-corrected chi connectivity index (χ1v) is 9.87. The fourth-order valence-corrected chi connectivity index (χ4v) is 2.46. The van der Waals surface area contributed by atoms with E-state index in [1.54, 1.807) is 0 Å². The van der Waals surface area contributed by atoms with E-state index >= 15 is 0 Å². The van der Waals surface area contributed by atoms with E-state index in [-0.39, 0.29) is 11.8 Å². The fourth-order valence-electron chi connectivity index (χ4n) is 2.46. The van der Waals surface area contributed by atoms with Gasteiger partial charge >= 0.3 is 0 Å². The molecule has 0 saturated carbocycles. The molecular formula is C22H33N3O3. The molecule has 6 heteroatoms. The first kappa shape index (κ1) is 23.4. The van der Waals surface area contributed by atoms with Crippen molar-refractivity contribution in [2.24, 2.45) is 0 Å². The maximum absolute atomic E-state index is 11.0. The number of hydrogen-bond donors (Lipinski definition) is 3. The molecule has 0 atom stereocenters. The molecule has 1 rings (SSSR count). The number of anilines is 1. The number of carbonyl (C=O) groups is 2. The predicted octanol–water partition coefficient (Wildman–Crippen LogP) is 2.82. The Hall–Kier alpha value is -2.60. The minimum Gasteiger partial charge on any atom is -0.385 e. The van der Waals surface area contributed by atoms with Crippen molar-refractivity contribution in [3.63, 3.8) is 0 Å². The lowest BCUT2D eigenvalue weighted by Crippen LogP contribution is -2.22. The van der Waals surface area contributed by atoms with Crippen molar-refractivity contribution in [1.29, 1.82) is 0 Å². The van der Waals surface area contributed by atoms with Crippen LogP contribution in [0.1, 0.15) is 31.2 Å². The average Bonchev–Trinajstić information content (AvgIpc) is 2.72. The number of hydrogen-bond acceptors (Lipinski definition) is 4. The molecule has 0 heterocycles. The highest BCUT2D eigenvalue weighted by Crippen LogP contribution is 2.10. The second kappa shape index (κ2) is 15.5. The van der Waals surface area contributed by atoms with Crippen molar-refractivity contribution >= 4 is 17.5 Å². The number of amides is 2. The molecule has 28 heavy (non-hydrogen) atoms. The summed E-state index contributed by atoms with van der Waals surface area (Å²) in [7, 11) is 0. The van der Waals surface area contributed by atoms with Crippen molar-refractivity contribution in [1.82, 2.24) is 10.6 Å². The zero-order valence-electron chi connectivity index (χ0n) is 16.7. The van der Waals surface area contributed by atoms with E-state index in [2.05, 4.69) is 53.4 Å². The maximum atomic E-state index is 11.0. The molecule has 0 saturated heterocycles. The standard InChI is InChI=1S/C22H33N3O3/c1-3-21(26)24-15-6-5-14-23-20-11-9-19(10-12-20)13-18-28-17-8-7-16-25-22(27)4-2/h3-4,9-12,23H,1-2,5-8,13-18H2,(H,24,26)(H,25,27). The first-order valence-electron chi connectivity index (χ1n) is 9.87. The molecule has 0 radical (unpaired) electrons. The Kier molecular flexibility index (Phi) is 12.9. The van der Waals surface area contributed by atoms with Crippen LogP contribution in [0.25, 0.3) is 0 Å². The lowest BCUT2D eigenvalue weighted by Gasteiger charge is -2.08. The second-order valence-electron chi connectivity index (χ2n) is 6.39. The zero-order chi connectivity index (χ0) is 20.5. The summed E-state index contributed by atoms with van der Waals surface area (Å²) in [5, 5.41) is 8.90. The number of ether oxygens (including phenoxy) is 1. The Morgan fingerprint density at radius 2 is 1.39 bits per heavy atom. The molecule has 0 bridgehead atoms. The minimum atomic E-state index is -0.129. The molecule has 0 aliphatic carbocycles. The van der Waals surface area contributed by atoms with Gasteiger partial charge in [-0.15, -0.1) is 0 Å². The van der Waals surface area contributed by atoms with Crippen LogP contribution in [-0.2, 0) is 20.7 Å². The normalized spacial score (nSPS) is 10.1. The quantitative estimate of drug-likeness (QED) is 0.301. The van der Waals surface area contributed by atoms with Gasteiger partial charge in [0, 0.05) is 31.9 Å². The van der Waals surface area contributed by atoms with Crippen molar-refractivity contribution in [2.45, 2.75) is 32.1 Å². The van der Waals surface area contributed by atoms with Gasteiger partial charge in [-0.05, 0) is 62.0 Å². The Morgan fingerprint density at radius 1 is 0.821 bits per heavy atom. The molecule has 0 fully saturated rings. The third-order valence-electron chi connectivity index (χ3n) is 4.11. The minimum absolute atomic E-state index is 0.121. The largest absolute Gasteiger partial charge is 0.385 e. The van der Waals surface area contributed by atoms with E-state index in [1.165, 1.54) is 17.7 Å². The first-order chi connectivity index (χ1) is 13.7. The van der Waals surface area contributed by atoms with Gasteiger partial charge in [0.05, 0.1) is 6.61 Å². The molecule has 0 unspecified atom stereocenters. The Labute approximate surface area is 168 Å². The molecule has 0 aliphatic heterocycles. The molecule has 0 aliphatic rings. The molecule has 1 aromatic rings. The Bertz CT molecular complexity index is 600. The highest BCUT2D eigenvalue weighted by Gasteiger charge is 1.98. The van der Waals surface area contributed by atoms with Crippen LogP contribution in [0, 0.1) is 0 Å². The molecule has 6 nitrogen and oxygen atoms in total. The zero-order valence-corrected chi connectivity index (χ0v) is 16.7. The number of carbonyl (C=O) groups excluding carboxylic acids is 2. The molecule has 3 N–H and O–H groups in total. The summed E-state index contributed by atoms with van der Waals surface area (Å²) in [6.07, 6.45) is 7.21. The second-order valence-corrected chi connectivity index (χ2v) is 6.39. The summed E-state index contributed by atoms with van der Waals surface area (Å²) in [4.78, 5) is 22.0. The van der Waals surface area contributed by atoms with Gasteiger partial charge in [0.15, 0.2) is 0 Å². The van der Waals surface area contributed by atoms with Crippen LogP contribution in [0.4, 0.5) is 5.69 Å². The van der Waals surface area contributed by atoms with Gasteiger partial charge in [-0.25, -0.2) is 0 Å². The summed E-state index contributed by atoms with van der Waals surface area (Å²) in [5.41, 5.74) is 2.34. The smallest absolute Gasteiger partial charge is 0.243 e. The maximum Gasteiger partial charge on any atom is 0.243 e. The molecule has 1 aromatic carbocycles. The third-order valence-corrected chi connectivity index (χ3v) is 4.11. The molecular weight excluding hydrogens is 354 g/mol. The Balaban J connectivity index is 2.02. The fraction of sp³-hybridized carbons (Fsp3) is 0.455. The van der Waals surface area contributed by atoms with E-state index in [0.717, 1.165) is 44.3 Å². The number of nitrogens with one attached hydrogen (secondary N) is 3. The topological polar surface area (TPSA) is 79.5 Å². The van der Waals surface area contributed by atoms with Crippen LogP contribution < -0.4 is 16.0 Å². The van der Waals surface area contributed by atoms with E-state index in [0.29, 0.717) is 26.3 Å². The van der Waals surface area contributed by atoms with Gasteiger partial charge in [-0.1, -0.05) is 25.3 Å². The average molecular weight is 388 g/mol. The predicted molar refractivity (Wildman–Crippen MR) is 114 cm³/mol. The van der Waals surface area contributed by atoms with Crippen molar-refractivity contribution < 1.29 is 14.3 Å². The molecule has 0 spiro atoms. The van der Waals surface area contributed by atoms with E-state index < -0.39 is 0 Å². The van der Waals surface area contributed by atoms with Crippen LogP contribution in [0.15, 0.2) is 49.6 Å². The Morgan fingerprint density at radius 3 is 2.00 bits per heavy atom. The summed E-state index contributed by atoms with van der Waals surface area (Å²) >= 11 is 0. The van der Waals surface area contributed by atoms with Crippen LogP contribution in [0.2, 0.25) is 0 Å². The van der Waals surface area contributed by atoms with Gasteiger partial charge in [0.2, 0.25) is 11.8 Å². The van der Waals surface area contributed by atoms with Crippen LogP contribution in [0.3, 0.4) is 0 Å². The lowest BCUT2D eigenvalue weighted by molar-refractivity contribution is -0.117. The van der Waals surface area contributed by atoms with Gasteiger partial charge in [-0.2, -0.15) is 0 Å². The summed E-state index contributed by atoms with van der Waals surface area (Å²) in [5.74, 6) is -0.250. The SMILES string of the molecule is C=CC(=O)NCCCCNc1ccc(CCOCCCCNC(=O)C=C)cc1. The lowest BCUT2D eigenvalue weighted by atomic mass is 10.1. The highest BCUT2D eigenvalue weighted by atomic mass is 16.5. The van der Waals surface area contributed by atoms with Gasteiger partial charge in [0.1, 0.15) is 0 Å². The van der Waals surface area contributed by atoms with E-state index in [1.807, 2.05) is 0 Å². The summed E-state index contributed by atoms with van der Waals surface area (Å²) in [6.45, 7) is 10.4. The van der Waals surface area contributed by atoms with Gasteiger partial charge in [-0.3, -0.25) is 9.59 Å². The number of rotatable bonds is 16. The van der Waals surface area contributed by atoms with Crippen LogP contribution in [-0.4, -0.2) is 44.7 Å². The van der Waals surface area contributed by atoms with Crippen molar-refractivity contribution in [3.05, 3.63) is 55.1 Å². The van der Waals surface area contributed by atoms with Crippen LogP contribution >= 0.6 is 0 Å². The van der Waals surface area contributed by atoms with Gasteiger partial charge < -0.3 is 20.7 Å². The summed E-state index contributed by atoms with van der Waals surface area (Å²) in [6, 6.07) is 8.38. The molecule has 154 valence electrons. The van der Waals surface area contributed by atoms with E-state index in [9.17, 15) is 9.59 Å². The molecule has 0 aromatic heterocycles.